The van der Waals surface area contributed by atoms with Crippen LogP contribution >= 0.6 is 0 Å². The van der Waals surface area contributed by atoms with E-state index in [1.807, 2.05) is 51.1 Å². The third kappa shape index (κ3) is 5.96. The Kier molecular flexibility index (Phi) is 8.16. The van der Waals surface area contributed by atoms with Crippen LogP contribution < -0.4 is 4.74 Å². The van der Waals surface area contributed by atoms with E-state index in [9.17, 15) is 14.7 Å². The number of hydrogen-bond donors (Lipinski definition) is 1. The van der Waals surface area contributed by atoms with Crippen LogP contribution in [0.1, 0.15) is 42.4 Å². The maximum Gasteiger partial charge on any atom is 0.259 e. The summed E-state index contributed by atoms with van der Waals surface area (Å²) in [5.41, 5.74) is 1.85. The molecule has 0 unspecified atom stereocenters. The molecule has 0 bridgehead atoms. The van der Waals surface area contributed by atoms with E-state index in [0.29, 0.717) is 24.3 Å². The molecule has 1 aliphatic rings. The van der Waals surface area contributed by atoms with Crippen LogP contribution in [0.5, 0.6) is 5.88 Å². The summed E-state index contributed by atoms with van der Waals surface area (Å²) in [7, 11) is 1.74. The number of nitrogens with zero attached hydrogens (tertiary/aromatic N) is 4. The molecular weight excluding hydrogens is 420 g/mol. The summed E-state index contributed by atoms with van der Waals surface area (Å²) in [6, 6.07) is 6.89. The van der Waals surface area contributed by atoms with E-state index in [0.717, 1.165) is 5.56 Å². The van der Waals surface area contributed by atoms with Gasteiger partial charge in [-0.05, 0) is 37.6 Å². The van der Waals surface area contributed by atoms with Gasteiger partial charge in [0.15, 0.2) is 0 Å². The first-order valence-corrected chi connectivity index (χ1v) is 11.2. The fourth-order valence-corrected chi connectivity index (χ4v) is 3.78. The second kappa shape index (κ2) is 11.0. The molecule has 8 nitrogen and oxygen atoms in total. The van der Waals surface area contributed by atoms with Crippen molar-refractivity contribution in [3.8, 4) is 5.88 Å². The second-order valence-corrected chi connectivity index (χ2v) is 8.52. The molecule has 0 radical (unpaired) electrons. The summed E-state index contributed by atoms with van der Waals surface area (Å²) >= 11 is 0. The molecule has 0 saturated heterocycles. The van der Waals surface area contributed by atoms with Crippen molar-refractivity contribution in [2.75, 3.05) is 26.7 Å². The predicted octanol–water partition coefficient (Wildman–Crippen LogP) is 2.43. The van der Waals surface area contributed by atoms with Gasteiger partial charge < -0.3 is 19.6 Å². The summed E-state index contributed by atoms with van der Waals surface area (Å²) in [6.45, 7) is 6.26. The van der Waals surface area contributed by atoms with E-state index in [1.54, 1.807) is 35.3 Å². The molecule has 2 aromatic heterocycles. The number of fused-ring (bicyclic) bond motifs is 1. The first-order valence-electron chi connectivity index (χ1n) is 11.2. The highest BCUT2D eigenvalue weighted by atomic mass is 16.5. The lowest BCUT2D eigenvalue weighted by atomic mass is 9.99. The maximum atomic E-state index is 13.3. The number of rotatable bonds is 7. The zero-order valence-corrected chi connectivity index (χ0v) is 19.6. The number of aliphatic hydroxyl groups is 1. The number of carbonyl (C=O) groups excluding carboxylic acids is 2. The lowest BCUT2D eigenvalue weighted by molar-refractivity contribution is -0.130. The largest absolute Gasteiger partial charge is 0.472 e. The van der Waals surface area contributed by atoms with Crippen LogP contribution in [0.3, 0.4) is 0 Å². The van der Waals surface area contributed by atoms with Crippen LogP contribution in [0.15, 0.2) is 42.7 Å². The lowest BCUT2D eigenvalue weighted by Gasteiger charge is -2.37. The van der Waals surface area contributed by atoms with Crippen LogP contribution in [0, 0.1) is 5.92 Å². The monoisotopic (exact) mass is 452 g/mol. The Morgan fingerprint density at radius 3 is 2.85 bits per heavy atom. The zero-order valence-electron chi connectivity index (χ0n) is 19.6. The van der Waals surface area contributed by atoms with Crippen molar-refractivity contribution in [2.45, 2.75) is 39.3 Å². The van der Waals surface area contributed by atoms with Crippen molar-refractivity contribution >= 4 is 17.9 Å². The highest BCUT2D eigenvalue weighted by Gasteiger charge is 2.34. The third-order valence-corrected chi connectivity index (χ3v) is 5.84. The molecule has 1 N–H and O–H groups in total. The highest BCUT2D eigenvalue weighted by Crippen LogP contribution is 2.27. The van der Waals surface area contributed by atoms with E-state index in [-0.39, 0.29) is 48.8 Å². The number of hydrogen-bond acceptors (Lipinski definition) is 6. The van der Waals surface area contributed by atoms with E-state index >= 15 is 0 Å². The fourth-order valence-electron chi connectivity index (χ4n) is 3.78. The first-order chi connectivity index (χ1) is 15.8. The molecule has 2 amide bonds. The van der Waals surface area contributed by atoms with Gasteiger partial charge in [-0.25, -0.2) is 4.98 Å². The molecule has 3 atom stereocenters. The predicted molar refractivity (Wildman–Crippen MR) is 126 cm³/mol. The van der Waals surface area contributed by atoms with Gasteiger partial charge in [0.05, 0.1) is 25.6 Å². The van der Waals surface area contributed by atoms with Crippen molar-refractivity contribution in [3.05, 3.63) is 59.6 Å². The van der Waals surface area contributed by atoms with Gasteiger partial charge in [0.1, 0.15) is 11.7 Å². The summed E-state index contributed by atoms with van der Waals surface area (Å²) in [5, 5.41) is 9.75. The van der Waals surface area contributed by atoms with Crippen LogP contribution in [-0.2, 0) is 11.2 Å². The number of pyridine rings is 2. The quantitative estimate of drug-likeness (QED) is 0.693. The molecule has 0 spiro atoms. The van der Waals surface area contributed by atoms with Crippen molar-refractivity contribution in [1.29, 1.82) is 0 Å². The Morgan fingerprint density at radius 1 is 1.39 bits per heavy atom. The van der Waals surface area contributed by atoms with Gasteiger partial charge in [-0.15, -0.1) is 0 Å². The van der Waals surface area contributed by atoms with Crippen molar-refractivity contribution in [1.82, 2.24) is 19.8 Å². The van der Waals surface area contributed by atoms with Crippen LogP contribution in [0.4, 0.5) is 0 Å². The van der Waals surface area contributed by atoms with Gasteiger partial charge >= 0.3 is 0 Å². The van der Waals surface area contributed by atoms with Gasteiger partial charge in [-0.1, -0.05) is 25.1 Å². The highest BCUT2D eigenvalue weighted by molar-refractivity contribution is 5.97. The van der Waals surface area contributed by atoms with Gasteiger partial charge in [-0.3, -0.25) is 14.6 Å². The summed E-state index contributed by atoms with van der Waals surface area (Å²) < 4.78 is 6.23. The van der Waals surface area contributed by atoms with E-state index < -0.39 is 0 Å². The standard InChI is InChI=1S/C25H32N4O4/c1-5-8-19-11-21-24(27-13-19)33-22(17(2)14-29(25(21)32)18(3)16-30)15-28(4)23(31)12-20-9-6-7-10-26-20/h5-11,13,17-18,22,30H,12,14-16H2,1-4H3/t17-,18+,22-/m1/s1. The smallest absolute Gasteiger partial charge is 0.259 e. The number of amides is 2. The molecule has 176 valence electrons. The van der Waals surface area contributed by atoms with Gasteiger partial charge in [0.25, 0.3) is 5.91 Å². The molecule has 33 heavy (non-hydrogen) atoms. The molecule has 1 aliphatic heterocycles. The molecule has 0 saturated carbocycles. The lowest BCUT2D eigenvalue weighted by Crippen LogP contribution is -2.50. The van der Waals surface area contributed by atoms with Gasteiger partial charge in [0.2, 0.25) is 11.8 Å². The summed E-state index contributed by atoms with van der Waals surface area (Å²) in [6.07, 6.45) is 6.88. The van der Waals surface area contributed by atoms with Crippen LogP contribution in [0.25, 0.3) is 6.08 Å². The minimum atomic E-state index is -0.386. The van der Waals surface area contributed by atoms with Gasteiger partial charge in [0, 0.05) is 37.6 Å². The number of aliphatic hydroxyl groups excluding tert-OH is 1. The Morgan fingerprint density at radius 2 is 2.18 bits per heavy atom. The topological polar surface area (TPSA) is 95.9 Å². The number of ether oxygens (including phenoxy) is 1. The van der Waals surface area contributed by atoms with E-state index in [1.165, 1.54) is 0 Å². The van der Waals surface area contributed by atoms with Crippen LogP contribution in [-0.4, -0.2) is 75.6 Å². The normalized spacial score (nSPS) is 19.4. The third-order valence-electron chi connectivity index (χ3n) is 5.84. The van der Waals surface area contributed by atoms with Crippen molar-refractivity contribution in [3.63, 3.8) is 0 Å². The molecule has 2 aromatic rings. The summed E-state index contributed by atoms with van der Waals surface area (Å²) in [4.78, 5) is 38.1. The molecule has 8 heteroatoms. The molecule has 3 rings (SSSR count). The summed E-state index contributed by atoms with van der Waals surface area (Å²) in [5.74, 6) is -0.154. The van der Waals surface area contributed by atoms with E-state index in [2.05, 4.69) is 9.97 Å². The second-order valence-electron chi connectivity index (χ2n) is 8.52. The molecule has 0 aliphatic carbocycles. The minimum Gasteiger partial charge on any atom is -0.472 e. The fraction of sp³-hybridized carbons (Fsp3) is 0.440. The van der Waals surface area contributed by atoms with Crippen molar-refractivity contribution in [2.24, 2.45) is 5.92 Å². The SMILES string of the molecule is CC=Cc1cnc2c(c1)C(=O)N([C@@H](C)CO)C[C@@H](C)[C@@H](CN(C)C(=O)Cc1ccccn1)O2. The molecule has 3 heterocycles. The number of allylic oxidation sites excluding steroid dienone is 1. The number of likely N-dealkylation sites (N-methyl/N-ethyl adjacent to an activating group) is 1. The zero-order chi connectivity index (χ0) is 24.0. The number of carbonyl (C=O) groups is 2. The number of aromatic nitrogens is 2. The minimum absolute atomic E-state index is 0.0696. The average molecular weight is 453 g/mol. The Bertz CT molecular complexity index is 995. The molecular formula is C25H32N4O4. The van der Waals surface area contributed by atoms with Crippen LogP contribution in [0.2, 0.25) is 0 Å². The Balaban J connectivity index is 1.87. The molecule has 0 aromatic carbocycles. The maximum absolute atomic E-state index is 13.3. The first kappa shape index (κ1) is 24.4. The van der Waals surface area contributed by atoms with E-state index in [4.69, 9.17) is 4.74 Å². The molecule has 0 fully saturated rings. The van der Waals surface area contributed by atoms with Crippen molar-refractivity contribution < 1.29 is 19.4 Å². The Hall–Kier alpha value is -3.26. The average Bonchev–Trinajstić information content (AvgIpc) is 2.82. The van der Waals surface area contributed by atoms with Gasteiger partial charge in [-0.2, -0.15) is 0 Å². The Labute approximate surface area is 194 Å².